The summed E-state index contributed by atoms with van der Waals surface area (Å²) < 4.78 is 38.5. The van der Waals surface area contributed by atoms with E-state index in [4.69, 9.17) is 0 Å². The van der Waals surface area contributed by atoms with E-state index in [0.29, 0.717) is 13.1 Å². The molecule has 1 saturated heterocycles. The summed E-state index contributed by atoms with van der Waals surface area (Å²) in [6.45, 7) is 0.187. The van der Waals surface area contributed by atoms with E-state index in [-0.39, 0.29) is 37.3 Å². The number of hydrogen-bond acceptors (Lipinski definition) is 4. The van der Waals surface area contributed by atoms with Gasteiger partial charge in [0.15, 0.2) is 0 Å². The molecule has 1 aromatic heterocycles. The van der Waals surface area contributed by atoms with Gasteiger partial charge in [-0.2, -0.15) is 13.2 Å². The Labute approximate surface area is 137 Å². The Morgan fingerprint density at radius 1 is 1.38 bits per heavy atom. The zero-order chi connectivity index (χ0) is 17.9. The van der Waals surface area contributed by atoms with Gasteiger partial charge in [-0.05, 0) is 0 Å². The number of halogens is 3. The highest BCUT2D eigenvalue weighted by atomic mass is 19.4. The first-order valence-electron chi connectivity index (χ1n) is 7.43. The second-order valence-electron chi connectivity index (χ2n) is 5.86. The summed E-state index contributed by atoms with van der Waals surface area (Å²) in [6, 6.07) is 0. The van der Waals surface area contributed by atoms with Crippen molar-refractivity contribution < 1.29 is 22.8 Å². The van der Waals surface area contributed by atoms with Crippen LogP contribution < -0.4 is 0 Å². The van der Waals surface area contributed by atoms with Crippen LogP contribution in [0.5, 0.6) is 0 Å². The van der Waals surface area contributed by atoms with Gasteiger partial charge >= 0.3 is 6.18 Å². The largest absolute Gasteiger partial charge is 0.406 e. The maximum Gasteiger partial charge on any atom is 0.406 e. The molecule has 2 amide bonds. The Morgan fingerprint density at radius 2 is 2.08 bits per heavy atom. The van der Waals surface area contributed by atoms with Crippen LogP contribution >= 0.6 is 0 Å². The molecule has 0 aliphatic carbocycles. The molecule has 0 atom stereocenters. The van der Waals surface area contributed by atoms with Crippen molar-refractivity contribution in [3.8, 4) is 0 Å². The fraction of sp³-hybridized carbons (Fsp3) is 0.643. The van der Waals surface area contributed by atoms with Gasteiger partial charge in [-0.1, -0.05) is 0 Å². The van der Waals surface area contributed by atoms with Crippen LogP contribution in [0.2, 0.25) is 0 Å². The molecule has 1 fully saturated rings. The van der Waals surface area contributed by atoms with Crippen LogP contribution in [0.1, 0.15) is 5.82 Å². The summed E-state index contributed by atoms with van der Waals surface area (Å²) >= 11 is 0. The average molecular weight is 347 g/mol. The summed E-state index contributed by atoms with van der Waals surface area (Å²) in [5, 5.41) is 0. The van der Waals surface area contributed by atoms with E-state index in [1.54, 1.807) is 16.8 Å². The van der Waals surface area contributed by atoms with Crippen LogP contribution in [0.3, 0.4) is 0 Å². The van der Waals surface area contributed by atoms with Gasteiger partial charge in [0.25, 0.3) is 0 Å². The van der Waals surface area contributed by atoms with E-state index < -0.39 is 12.7 Å². The average Bonchev–Trinajstić information content (AvgIpc) is 2.88. The number of alkyl halides is 3. The minimum absolute atomic E-state index is 0.0242. The van der Waals surface area contributed by atoms with Crippen LogP contribution in [0.4, 0.5) is 13.2 Å². The number of hydrogen-bond donors (Lipinski definition) is 0. The number of carbonyl (C=O) groups is 2. The molecule has 0 unspecified atom stereocenters. The number of likely N-dealkylation sites (N-methyl/N-ethyl adjacent to an activating group) is 2. The molecule has 134 valence electrons. The van der Waals surface area contributed by atoms with Crippen molar-refractivity contribution in [3.05, 3.63) is 18.2 Å². The molecule has 1 aromatic rings. The third-order valence-corrected chi connectivity index (χ3v) is 3.85. The number of piperazine rings is 1. The molecule has 0 N–H and O–H groups in total. The molecule has 24 heavy (non-hydrogen) atoms. The summed E-state index contributed by atoms with van der Waals surface area (Å²) in [4.78, 5) is 32.4. The highest BCUT2D eigenvalue weighted by Crippen LogP contribution is 2.18. The van der Waals surface area contributed by atoms with Crippen LogP contribution in [0.15, 0.2) is 12.4 Å². The maximum absolute atomic E-state index is 12.5. The zero-order valence-corrected chi connectivity index (χ0v) is 13.6. The van der Waals surface area contributed by atoms with Gasteiger partial charge in [-0.15, -0.1) is 0 Å². The minimum Gasteiger partial charge on any atom is -0.343 e. The SMILES string of the molecule is CN1CCN(CC(=O)N(C)Cc2nccn2CC(F)(F)F)CC1=O. The quantitative estimate of drug-likeness (QED) is 0.762. The van der Waals surface area contributed by atoms with Crippen molar-refractivity contribution in [3.63, 3.8) is 0 Å². The van der Waals surface area contributed by atoms with Crippen LogP contribution in [0.25, 0.3) is 0 Å². The summed E-state index contributed by atoms with van der Waals surface area (Å²) in [7, 11) is 3.21. The van der Waals surface area contributed by atoms with Crippen LogP contribution in [0, 0.1) is 0 Å². The van der Waals surface area contributed by atoms with Gasteiger partial charge < -0.3 is 14.4 Å². The molecular weight excluding hydrogens is 327 g/mol. The van der Waals surface area contributed by atoms with Gasteiger partial charge in [0.2, 0.25) is 11.8 Å². The molecular formula is C14H20F3N5O2. The Morgan fingerprint density at radius 3 is 2.71 bits per heavy atom. The van der Waals surface area contributed by atoms with Crippen LogP contribution in [-0.4, -0.2) is 82.5 Å². The van der Waals surface area contributed by atoms with Crippen molar-refractivity contribution in [1.29, 1.82) is 0 Å². The molecule has 0 saturated carbocycles. The molecule has 0 bridgehead atoms. The minimum atomic E-state index is -4.35. The number of nitrogens with zero attached hydrogens (tertiary/aromatic N) is 5. The smallest absolute Gasteiger partial charge is 0.343 e. The normalized spacial score (nSPS) is 16.5. The van der Waals surface area contributed by atoms with Crippen LogP contribution in [-0.2, 0) is 22.7 Å². The predicted octanol–water partition coefficient (Wildman–Crippen LogP) is 0.178. The second kappa shape index (κ2) is 7.20. The predicted molar refractivity (Wildman–Crippen MR) is 78.8 cm³/mol. The van der Waals surface area contributed by atoms with E-state index in [1.807, 2.05) is 0 Å². The van der Waals surface area contributed by atoms with Gasteiger partial charge in [-0.25, -0.2) is 4.98 Å². The van der Waals surface area contributed by atoms with Gasteiger partial charge in [-0.3, -0.25) is 14.5 Å². The molecule has 0 aromatic carbocycles. The fourth-order valence-electron chi connectivity index (χ4n) is 2.38. The lowest BCUT2D eigenvalue weighted by Gasteiger charge is -2.32. The fourth-order valence-corrected chi connectivity index (χ4v) is 2.38. The maximum atomic E-state index is 12.5. The summed E-state index contributed by atoms with van der Waals surface area (Å²) in [5.74, 6) is -0.163. The Hall–Kier alpha value is -2.10. The number of imidazole rings is 1. The molecule has 0 spiro atoms. The number of carbonyl (C=O) groups excluding carboxylic acids is 2. The third kappa shape index (κ3) is 4.95. The number of rotatable bonds is 5. The lowest BCUT2D eigenvalue weighted by atomic mass is 10.3. The lowest BCUT2D eigenvalue weighted by Crippen LogP contribution is -2.51. The molecule has 7 nitrogen and oxygen atoms in total. The topological polar surface area (TPSA) is 61.7 Å². The number of aromatic nitrogens is 2. The standard InChI is InChI=1S/C14H20F3N5O2/c1-19-5-6-21(8-12(19)23)9-13(24)20(2)7-11-18-3-4-22(11)10-14(15,16)17/h3-4H,5-10H2,1-2H3. The Bertz CT molecular complexity index is 601. The second-order valence-corrected chi connectivity index (χ2v) is 5.86. The first-order valence-corrected chi connectivity index (χ1v) is 7.43. The zero-order valence-electron chi connectivity index (χ0n) is 13.6. The van der Waals surface area contributed by atoms with E-state index in [0.717, 1.165) is 4.57 Å². The van der Waals surface area contributed by atoms with Crippen molar-refractivity contribution in [2.45, 2.75) is 19.3 Å². The Kier molecular flexibility index (Phi) is 5.47. The van der Waals surface area contributed by atoms with E-state index in [9.17, 15) is 22.8 Å². The number of amides is 2. The van der Waals surface area contributed by atoms with Gasteiger partial charge in [0.05, 0.1) is 19.6 Å². The molecule has 2 heterocycles. The van der Waals surface area contributed by atoms with E-state index in [2.05, 4.69) is 4.98 Å². The Balaban J connectivity index is 1.90. The summed E-state index contributed by atoms with van der Waals surface area (Å²) in [6.07, 6.45) is -1.84. The molecule has 2 rings (SSSR count). The van der Waals surface area contributed by atoms with Crippen molar-refractivity contribution >= 4 is 11.8 Å². The molecule has 1 aliphatic rings. The van der Waals surface area contributed by atoms with Gasteiger partial charge in [0.1, 0.15) is 12.4 Å². The molecule has 10 heteroatoms. The molecule has 0 radical (unpaired) electrons. The molecule has 1 aliphatic heterocycles. The summed E-state index contributed by atoms with van der Waals surface area (Å²) in [5.41, 5.74) is 0. The van der Waals surface area contributed by atoms with E-state index >= 15 is 0 Å². The highest BCUT2D eigenvalue weighted by Gasteiger charge is 2.29. The third-order valence-electron chi connectivity index (χ3n) is 3.85. The monoisotopic (exact) mass is 347 g/mol. The van der Waals surface area contributed by atoms with Crippen molar-refractivity contribution in [2.24, 2.45) is 0 Å². The lowest BCUT2D eigenvalue weighted by molar-refractivity contribution is -0.141. The van der Waals surface area contributed by atoms with Gasteiger partial charge in [0, 0.05) is 39.6 Å². The van der Waals surface area contributed by atoms with E-state index in [1.165, 1.54) is 24.3 Å². The van der Waals surface area contributed by atoms with Crippen molar-refractivity contribution in [2.75, 3.05) is 40.3 Å². The highest BCUT2D eigenvalue weighted by molar-refractivity contribution is 5.81. The van der Waals surface area contributed by atoms with Crippen molar-refractivity contribution in [1.82, 2.24) is 24.3 Å². The first-order chi connectivity index (χ1) is 11.2. The first kappa shape index (κ1) is 18.2.